The molecule has 1 fully saturated rings. The lowest BCUT2D eigenvalue weighted by Gasteiger charge is -2.32. The summed E-state index contributed by atoms with van der Waals surface area (Å²) in [6.07, 6.45) is -0.313. The van der Waals surface area contributed by atoms with E-state index in [9.17, 15) is 23.1 Å². The van der Waals surface area contributed by atoms with Crippen LogP contribution >= 0.6 is 11.6 Å². The Bertz CT molecular complexity index is 1330. The lowest BCUT2D eigenvalue weighted by molar-refractivity contribution is -0.198. The number of hydrogen-bond donors (Lipinski definition) is 3. The number of anilines is 1. The lowest BCUT2D eigenvalue weighted by atomic mass is 9.73. The second-order valence-corrected chi connectivity index (χ2v) is 10.6. The summed E-state index contributed by atoms with van der Waals surface area (Å²) in [4.78, 5) is 19.5. The summed E-state index contributed by atoms with van der Waals surface area (Å²) in [6, 6.07) is 4.96. The normalized spacial score (nSPS) is 24.3. The first-order valence-corrected chi connectivity index (χ1v) is 13.0. The van der Waals surface area contributed by atoms with Crippen LogP contribution in [0.15, 0.2) is 36.4 Å². The van der Waals surface area contributed by atoms with Crippen molar-refractivity contribution in [2.45, 2.75) is 50.4 Å². The van der Waals surface area contributed by atoms with E-state index in [1.54, 1.807) is 0 Å². The molecule has 0 saturated carbocycles. The van der Waals surface area contributed by atoms with E-state index in [1.165, 1.54) is 24.3 Å². The third kappa shape index (κ3) is 6.05. The molecule has 2 aliphatic heterocycles. The first kappa shape index (κ1) is 27.4. The summed E-state index contributed by atoms with van der Waals surface area (Å²) in [7, 11) is 0. The predicted molar refractivity (Wildman–Crippen MR) is 139 cm³/mol. The van der Waals surface area contributed by atoms with E-state index in [0.717, 1.165) is 5.57 Å². The van der Waals surface area contributed by atoms with Crippen LogP contribution in [0.2, 0.25) is 5.02 Å². The number of aliphatic carboxylic acids is 1. The number of benzene rings is 1. The first-order chi connectivity index (χ1) is 18.5. The summed E-state index contributed by atoms with van der Waals surface area (Å²) in [6.45, 7) is 1.25. The molecule has 1 unspecified atom stereocenters. The fraction of sp³-hybridized carbons (Fsp3) is 0.444. The highest BCUT2D eigenvalue weighted by molar-refractivity contribution is 6.30. The van der Waals surface area contributed by atoms with Gasteiger partial charge in [-0.2, -0.15) is 18.2 Å². The van der Waals surface area contributed by atoms with Crippen LogP contribution in [-0.2, 0) is 9.53 Å². The van der Waals surface area contributed by atoms with Gasteiger partial charge in [-0.25, -0.2) is 4.98 Å². The summed E-state index contributed by atoms with van der Waals surface area (Å²) in [5.41, 5.74) is 7.71. The number of carboxylic acids is 1. The highest BCUT2D eigenvalue weighted by Gasteiger charge is 2.45. The van der Waals surface area contributed by atoms with Crippen LogP contribution in [0.5, 0.6) is 5.88 Å². The molecule has 0 amide bonds. The molecule has 1 saturated heterocycles. The van der Waals surface area contributed by atoms with Crippen LogP contribution < -0.4 is 15.8 Å². The molecule has 8 nitrogen and oxygen atoms in total. The molecule has 0 radical (unpaired) electrons. The molecular formula is C27H28ClF3N4O4. The van der Waals surface area contributed by atoms with E-state index in [2.05, 4.69) is 15.3 Å². The number of carbonyl (C=O) groups is 1. The monoisotopic (exact) mass is 564 g/mol. The molecule has 1 aromatic heterocycles. The number of nitrogen functional groups attached to an aromatic ring is 1. The second-order valence-electron chi connectivity index (χ2n) is 10.2. The number of aromatic nitrogens is 2. The maximum absolute atomic E-state index is 14.4. The van der Waals surface area contributed by atoms with Gasteiger partial charge in [0.25, 0.3) is 0 Å². The molecule has 4 N–H and O–H groups in total. The molecule has 1 spiro atoms. The van der Waals surface area contributed by atoms with E-state index in [4.69, 9.17) is 26.8 Å². The van der Waals surface area contributed by atoms with Gasteiger partial charge in [0, 0.05) is 23.2 Å². The molecule has 1 aromatic carbocycles. The van der Waals surface area contributed by atoms with Gasteiger partial charge in [-0.1, -0.05) is 29.8 Å². The quantitative estimate of drug-likeness (QED) is 0.438. The van der Waals surface area contributed by atoms with Crippen molar-refractivity contribution >= 4 is 34.7 Å². The van der Waals surface area contributed by atoms with E-state index < -0.39 is 24.3 Å². The van der Waals surface area contributed by atoms with Gasteiger partial charge >= 0.3 is 12.1 Å². The van der Waals surface area contributed by atoms with Crippen LogP contribution in [0.4, 0.5) is 19.1 Å². The molecule has 39 heavy (non-hydrogen) atoms. The standard InChI is InChI=1S/C27H28ClF3N4O4/c28-17-3-4-18(19(10-17)16-2-1-9-38-13-16)23(27(29,30)31)39-22-11-20(34-25(32)35-22)15-5-7-26(8-6-15)12-21(24(36)37)33-14-26/h2-5,10-11,21,23,33H,1,6-9,12-14H2,(H,36,37)(H2,32,34,35)/t21-,23?,26-/m0/s1. The van der Waals surface area contributed by atoms with Crippen molar-refractivity contribution < 1.29 is 32.5 Å². The third-order valence-corrected chi connectivity index (χ3v) is 7.74. The van der Waals surface area contributed by atoms with Crippen molar-refractivity contribution in [3.63, 3.8) is 0 Å². The topological polar surface area (TPSA) is 120 Å². The molecule has 2 aromatic rings. The van der Waals surface area contributed by atoms with Gasteiger partial charge in [0.1, 0.15) is 6.04 Å². The number of halogens is 4. The van der Waals surface area contributed by atoms with Crippen molar-refractivity contribution in [3.8, 4) is 5.88 Å². The molecule has 0 bridgehead atoms. The summed E-state index contributed by atoms with van der Waals surface area (Å²) in [5, 5.41) is 12.7. The van der Waals surface area contributed by atoms with Crippen molar-refractivity contribution in [1.82, 2.24) is 15.3 Å². The molecule has 1 aliphatic carbocycles. The molecule has 12 heteroatoms. The number of ether oxygens (including phenoxy) is 2. The van der Waals surface area contributed by atoms with Crippen LogP contribution in [0.25, 0.3) is 11.1 Å². The van der Waals surface area contributed by atoms with E-state index >= 15 is 0 Å². The molecular weight excluding hydrogens is 537 g/mol. The SMILES string of the molecule is Nc1nc(OC(c2ccc(Cl)cc2C2=CCCOC2)C(F)(F)F)cc(C2=CC[C@@]3(CC2)CN[C@H](C(=O)O)C3)n1. The Labute approximate surface area is 228 Å². The smallest absolute Gasteiger partial charge is 0.429 e. The summed E-state index contributed by atoms with van der Waals surface area (Å²) >= 11 is 6.14. The maximum Gasteiger partial charge on any atom is 0.429 e. The number of hydrogen-bond acceptors (Lipinski definition) is 7. The van der Waals surface area contributed by atoms with Gasteiger partial charge in [-0.3, -0.25) is 4.79 Å². The van der Waals surface area contributed by atoms with Crippen molar-refractivity contribution in [2.24, 2.45) is 5.41 Å². The van der Waals surface area contributed by atoms with Gasteiger partial charge in [0.2, 0.25) is 17.9 Å². The number of alkyl halides is 3. The summed E-state index contributed by atoms with van der Waals surface area (Å²) < 4.78 is 54.2. The number of nitrogens with zero attached hydrogens (tertiary/aromatic N) is 2. The zero-order valence-electron chi connectivity index (χ0n) is 20.9. The number of nitrogens with two attached hydrogens (primary N) is 1. The zero-order valence-corrected chi connectivity index (χ0v) is 21.7. The van der Waals surface area contributed by atoms with Crippen molar-refractivity contribution in [2.75, 3.05) is 25.5 Å². The number of rotatable bonds is 6. The second kappa shape index (κ2) is 10.8. The van der Waals surface area contributed by atoms with Gasteiger partial charge < -0.3 is 25.6 Å². The summed E-state index contributed by atoms with van der Waals surface area (Å²) in [5.74, 6) is -1.38. The molecule has 3 atom stereocenters. The average molecular weight is 565 g/mol. The Kier molecular flexibility index (Phi) is 7.58. The fourth-order valence-electron chi connectivity index (χ4n) is 5.49. The van der Waals surface area contributed by atoms with E-state index in [0.29, 0.717) is 67.1 Å². The van der Waals surface area contributed by atoms with Crippen LogP contribution in [0.1, 0.15) is 55.0 Å². The minimum absolute atomic E-state index is 0.108. The maximum atomic E-state index is 14.4. The Balaban J connectivity index is 1.43. The highest BCUT2D eigenvalue weighted by Crippen LogP contribution is 2.45. The average Bonchev–Trinajstić information content (AvgIpc) is 3.31. The van der Waals surface area contributed by atoms with Crippen LogP contribution in [-0.4, -0.2) is 53.0 Å². The molecule has 3 heterocycles. The molecule has 3 aliphatic rings. The van der Waals surface area contributed by atoms with E-state index in [1.807, 2.05) is 12.2 Å². The Morgan fingerprint density at radius 1 is 1.26 bits per heavy atom. The fourth-order valence-corrected chi connectivity index (χ4v) is 5.66. The van der Waals surface area contributed by atoms with E-state index in [-0.39, 0.29) is 29.4 Å². The van der Waals surface area contributed by atoms with Crippen LogP contribution in [0.3, 0.4) is 0 Å². The first-order valence-electron chi connectivity index (χ1n) is 12.6. The third-order valence-electron chi connectivity index (χ3n) is 7.50. The Morgan fingerprint density at radius 3 is 2.72 bits per heavy atom. The van der Waals surface area contributed by atoms with Crippen molar-refractivity contribution in [3.05, 3.63) is 58.3 Å². The van der Waals surface area contributed by atoms with Gasteiger partial charge in [0.05, 0.1) is 18.9 Å². The number of nitrogens with one attached hydrogen (secondary N) is 1. The Morgan fingerprint density at radius 2 is 2.08 bits per heavy atom. The predicted octanol–water partition coefficient (Wildman–Crippen LogP) is 5.20. The highest BCUT2D eigenvalue weighted by atomic mass is 35.5. The zero-order chi connectivity index (χ0) is 27.8. The van der Waals surface area contributed by atoms with Crippen LogP contribution in [0, 0.1) is 5.41 Å². The minimum Gasteiger partial charge on any atom is -0.480 e. The van der Waals surface area contributed by atoms with Gasteiger partial charge in [-0.05, 0) is 66.4 Å². The van der Waals surface area contributed by atoms with Gasteiger partial charge in [-0.15, -0.1) is 0 Å². The minimum atomic E-state index is -4.77. The Hall–Kier alpha value is -3.15. The largest absolute Gasteiger partial charge is 0.480 e. The van der Waals surface area contributed by atoms with Crippen molar-refractivity contribution in [1.29, 1.82) is 0 Å². The lowest BCUT2D eigenvalue weighted by Crippen LogP contribution is -2.30. The van der Waals surface area contributed by atoms with Gasteiger partial charge in [0.15, 0.2) is 0 Å². The number of carboxylic acid groups (broad SMARTS) is 1. The molecule has 208 valence electrons. The number of allylic oxidation sites excluding steroid dienone is 2. The molecule has 5 rings (SSSR count).